The first-order valence-electron chi connectivity index (χ1n) is 6.96. The van der Waals surface area contributed by atoms with Crippen LogP contribution in [-0.2, 0) is 11.2 Å². The van der Waals surface area contributed by atoms with Gasteiger partial charge in [-0.15, -0.1) is 0 Å². The molecule has 1 aromatic carbocycles. The smallest absolute Gasteiger partial charge is 0.227 e. The number of hydrogen-bond donors (Lipinski definition) is 1. The fourth-order valence-electron chi connectivity index (χ4n) is 1.81. The van der Waals surface area contributed by atoms with Crippen molar-refractivity contribution in [2.24, 2.45) is 0 Å². The van der Waals surface area contributed by atoms with Crippen molar-refractivity contribution in [2.45, 2.75) is 26.2 Å². The lowest BCUT2D eigenvalue weighted by Crippen LogP contribution is -2.24. The molecule has 0 unspecified atom stereocenters. The molecule has 0 aliphatic carbocycles. The highest BCUT2D eigenvalue weighted by Crippen LogP contribution is 2.21. The Morgan fingerprint density at radius 3 is 3.05 bits per heavy atom. The molecular weight excluding hydrogens is 270 g/mol. The second kappa shape index (κ2) is 7.42. The highest BCUT2D eigenvalue weighted by atomic mass is 16.5. The number of ether oxygens (including phenoxy) is 1. The number of amides is 1. The topological polar surface area (TPSA) is 77.2 Å². The second-order valence-corrected chi connectivity index (χ2v) is 4.59. The van der Waals surface area contributed by atoms with E-state index in [9.17, 15) is 4.79 Å². The minimum absolute atomic E-state index is 0.00187. The van der Waals surface area contributed by atoms with Crippen LogP contribution >= 0.6 is 0 Å². The van der Waals surface area contributed by atoms with Gasteiger partial charge in [-0.2, -0.15) is 4.98 Å². The summed E-state index contributed by atoms with van der Waals surface area (Å²) in [5.74, 6) is 1.69. The number of hydrogen-bond acceptors (Lipinski definition) is 5. The van der Waals surface area contributed by atoms with Crippen molar-refractivity contribution in [1.82, 2.24) is 15.5 Å². The zero-order valence-corrected chi connectivity index (χ0v) is 12.3. The molecule has 21 heavy (non-hydrogen) atoms. The summed E-state index contributed by atoms with van der Waals surface area (Å²) in [6.07, 6.45) is 1.71. The van der Waals surface area contributed by atoms with Gasteiger partial charge in [-0.05, 0) is 18.6 Å². The molecule has 6 nitrogen and oxygen atoms in total. The summed E-state index contributed by atoms with van der Waals surface area (Å²) in [6.45, 7) is 2.70. The SMILES string of the molecule is CCCNC(=O)CCc1nc(-c2cccc(OC)c2)no1. The summed E-state index contributed by atoms with van der Waals surface area (Å²) in [4.78, 5) is 15.8. The summed E-state index contributed by atoms with van der Waals surface area (Å²) >= 11 is 0. The van der Waals surface area contributed by atoms with Crippen molar-refractivity contribution >= 4 is 5.91 Å². The first kappa shape index (κ1) is 15.0. The number of nitrogens with zero attached hydrogens (tertiary/aromatic N) is 2. The Balaban J connectivity index is 1.96. The van der Waals surface area contributed by atoms with Crippen LogP contribution in [0, 0.1) is 0 Å². The van der Waals surface area contributed by atoms with E-state index in [1.807, 2.05) is 31.2 Å². The Labute approximate surface area is 123 Å². The maximum atomic E-state index is 11.5. The molecule has 1 N–H and O–H groups in total. The van der Waals surface area contributed by atoms with Gasteiger partial charge in [0.15, 0.2) is 0 Å². The van der Waals surface area contributed by atoms with Crippen LogP contribution in [-0.4, -0.2) is 29.7 Å². The van der Waals surface area contributed by atoms with Gasteiger partial charge in [0.05, 0.1) is 7.11 Å². The van der Waals surface area contributed by atoms with Gasteiger partial charge in [-0.25, -0.2) is 0 Å². The maximum absolute atomic E-state index is 11.5. The van der Waals surface area contributed by atoms with Gasteiger partial charge in [0.1, 0.15) is 5.75 Å². The van der Waals surface area contributed by atoms with Crippen LogP contribution in [0.1, 0.15) is 25.7 Å². The molecule has 2 rings (SSSR count). The Morgan fingerprint density at radius 2 is 2.29 bits per heavy atom. The Bertz CT molecular complexity index is 595. The molecule has 0 atom stereocenters. The van der Waals surface area contributed by atoms with Crippen LogP contribution in [0.2, 0.25) is 0 Å². The van der Waals surface area contributed by atoms with Crippen LogP contribution in [0.3, 0.4) is 0 Å². The molecule has 0 saturated heterocycles. The van der Waals surface area contributed by atoms with Gasteiger partial charge in [0, 0.05) is 24.9 Å². The van der Waals surface area contributed by atoms with E-state index in [2.05, 4.69) is 15.5 Å². The van der Waals surface area contributed by atoms with Crippen molar-refractivity contribution in [3.63, 3.8) is 0 Å². The van der Waals surface area contributed by atoms with Gasteiger partial charge in [0.2, 0.25) is 17.6 Å². The average molecular weight is 289 g/mol. The molecule has 0 spiro atoms. The number of methoxy groups -OCH3 is 1. The number of rotatable bonds is 7. The number of carbonyl (C=O) groups is 1. The lowest BCUT2D eigenvalue weighted by atomic mass is 10.2. The van der Waals surface area contributed by atoms with E-state index in [4.69, 9.17) is 9.26 Å². The lowest BCUT2D eigenvalue weighted by molar-refractivity contribution is -0.121. The number of carbonyl (C=O) groups excluding carboxylic acids is 1. The number of benzene rings is 1. The molecule has 1 amide bonds. The van der Waals surface area contributed by atoms with E-state index < -0.39 is 0 Å². The molecule has 6 heteroatoms. The van der Waals surface area contributed by atoms with E-state index in [0.29, 0.717) is 31.1 Å². The summed E-state index contributed by atoms with van der Waals surface area (Å²) in [6, 6.07) is 7.43. The minimum Gasteiger partial charge on any atom is -0.497 e. The molecule has 0 saturated carbocycles. The van der Waals surface area contributed by atoms with Crippen LogP contribution < -0.4 is 10.1 Å². The molecule has 112 valence electrons. The summed E-state index contributed by atoms with van der Waals surface area (Å²) in [5.41, 5.74) is 0.819. The molecule has 1 aromatic heterocycles. The zero-order valence-electron chi connectivity index (χ0n) is 12.3. The average Bonchev–Trinajstić information content (AvgIpc) is 3.00. The van der Waals surface area contributed by atoms with E-state index in [1.165, 1.54) is 0 Å². The summed E-state index contributed by atoms with van der Waals surface area (Å²) in [5, 5.41) is 6.74. The largest absolute Gasteiger partial charge is 0.497 e. The summed E-state index contributed by atoms with van der Waals surface area (Å²) in [7, 11) is 1.61. The van der Waals surface area contributed by atoms with E-state index >= 15 is 0 Å². The molecule has 1 heterocycles. The van der Waals surface area contributed by atoms with Crippen molar-refractivity contribution in [1.29, 1.82) is 0 Å². The third-order valence-corrected chi connectivity index (χ3v) is 2.93. The summed E-state index contributed by atoms with van der Waals surface area (Å²) < 4.78 is 10.3. The normalized spacial score (nSPS) is 10.4. The molecule has 0 bridgehead atoms. The zero-order chi connectivity index (χ0) is 15.1. The fourth-order valence-corrected chi connectivity index (χ4v) is 1.81. The lowest BCUT2D eigenvalue weighted by Gasteiger charge is -2.00. The van der Waals surface area contributed by atoms with Gasteiger partial charge in [0.25, 0.3) is 0 Å². The highest BCUT2D eigenvalue weighted by Gasteiger charge is 2.11. The Morgan fingerprint density at radius 1 is 1.43 bits per heavy atom. The molecule has 0 radical (unpaired) electrons. The monoisotopic (exact) mass is 289 g/mol. The molecule has 0 fully saturated rings. The highest BCUT2D eigenvalue weighted by molar-refractivity contribution is 5.75. The van der Waals surface area contributed by atoms with Crippen LogP contribution in [0.25, 0.3) is 11.4 Å². The molecule has 0 aliphatic heterocycles. The first-order chi connectivity index (χ1) is 10.2. The molecule has 0 aliphatic rings. The Kier molecular flexibility index (Phi) is 5.31. The standard InChI is InChI=1S/C15H19N3O3/c1-3-9-16-13(19)7-8-14-17-15(18-21-14)11-5-4-6-12(10-11)20-2/h4-6,10H,3,7-9H2,1-2H3,(H,16,19). The first-order valence-corrected chi connectivity index (χ1v) is 6.96. The predicted molar refractivity (Wildman–Crippen MR) is 77.9 cm³/mol. The van der Waals surface area contributed by atoms with E-state index in [-0.39, 0.29) is 5.91 Å². The number of aromatic nitrogens is 2. The van der Waals surface area contributed by atoms with Crippen LogP contribution in [0.5, 0.6) is 5.75 Å². The van der Waals surface area contributed by atoms with Crippen LogP contribution in [0.15, 0.2) is 28.8 Å². The Hall–Kier alpha value is -2.37. The van der Waals surface area contributed by atoms with Crippen molar-refractivity contribution in [3.05, 3.63) is 30.2 Å². The van der Waals surface area contributed by atoms with Crippen molar-refractivity contribution in [3.8, 4) is 17.1 Å². The maximum Gasteiger partial charge on any atom is 0.227 e. The minimum atomic E-state index is -0.00187. The van der Waals surface area contributed by atoms with Gasteiger partial charge in [-0.1, -0.05) is 24.2 Å². The third kappa shape index (κ3) is 4.30. The van der Waals surface area contributed by atoms with E-state index in [1.54, 1.807) is 7.11 Å². The van der Waals surface area contributed by atoms with Crippen LogP contribution in [0.4, 0.5) is 0 Å². The van der Waals surface area contributed by atoms with E-state index in [0.717, 1.165) is 17.7 Å². The quantitative estimate of drug-likeness (QED) is 0.845. The van der Waals surface area contributed by atoms with Gasteiger partial charge in [-0.3, -0.25) is 4.79 Å². The third-order valence-electron chi connectivity index (χ3n) is 2.93. The van der Waals surface area contributed by atoms with Crippen molar-refractivity contribution in [2.75, 3.05) is 13.7 Å². The fraction of sp³-hybridized carbons (Fsp3) is 0.400. The van der Waals surface area contributed by atoms with Gasteiger partial charge < -0.3 is 14.6 Å². The second-order valence-electron chi connectivity index (χ2n) is 4.59. The number of aryl methyl sites for hydroxylation is 1. The van der Waals surface area contributed by atoms with Gasteiger partial charge >= 0.3 is 0 Å². The number of nitrogens with one attached hydrogen (secondary N) is 1. The van der Waals surface area contributed by atoms with Crippen molar-refractivity contribution < 1.29 is 14.1 Å². The molecular formula is C15H19N3O3. The molecule has 2 aromatic rings. The predicted octanol–water partition coefficient (Wildman–Crippen LogP) is 2.20.